The molecule has 0 spiro atoms. The highest BCUT2D eigenvalue weighted by atomic mass is 16.4. The lowest BCUT2D eigenvalue weighted by molar-refractivity contribution is -0.137. The van der Waals surface area contributed by atoms with Crippen LogP contribution in [0.1, 0.15) is 24.0 Å². The highest BCUT2D eigenvalue weighted by molar-refractivity contribution is 5.68. The lowest BCUT2D eigenvalue weighted by Crippen LogP contribution is -2.22. The molecule has 1 aromatic rings. The molecule has 1 fully saturated rings. The summed E-state index contributed by atoms with van der Waals surface area (Å²) in [6, 6.07) is 7.89. The molecule has 0 aliphatic carbocycles. The number of anilines is 1. The van der Waals surface area contributed by atoms with Crippen molar-refractivity contribution < 1.29 is 9.90 Å². The first-order chi connectivity index (χ1) is 8.61. The third-order valence-corrected chi connectivity index (χ3v) is 3.42. The van der Waals surface area contributed by atoms with Gasteiger partial charge in [0.05, 0.1) is 11.3 Å². The van der Waals surface area contributed by atoms with E-state index in [0.717, 1.165) is 30.8 Å². The monoisotopic (exact) mass is 244 g/mol. The molecule has 1 N–H and O–H groups in total. The molecule has 1 heterocycles. The van der Waals surface area contributed by atoms with Crippen molar-refractivity contribution in [2.45, 2.75) is 19.8 Å². The fraction of sp³-hybridized carbons (Fsp3) is 0.429. The Kier molecular flexibility index (Phi) is 3.52. The van der Waals surface area contributed by atoms with E-state index in [9.17, 15) is 4.79 Å². The van der Waals surface area contributed by atoms with Gasteiger partial charge in [-0.1, -0.05) is 12.1 Å². The highest BCUT2D eigenvalue weighted by Gasteiger charge is 2.26. The smallest absolute Gasteiger partial charge is 0.303 e. The summed E-state index contributed by atoms with van der Waals surface area (Å²) in [6.45, 7) is 3.55. The van der Waals surface area contributed by atoms with Crippen molar-refractivity contribution in [1.29, 1.82) is 5.26 Å². The van der Waals surface area contributed by atoms with Crippen molar-refractivity contribution in [3.05, 3.63) is 29.3 Å². The van der Waals surface area contributed by atoms with E-state index < -0.39 is 5.97 Å². The minimum atomic E-state index is -0.743. The Hall–Kier alpha value is -2.02. The van der Waals surface area contributed by atoms with Gasteiger partial charge in [-0.05, 0) is 30.9 Å². The summed E-state index contributed by atoms with van der Waals surface area (Å²) in [5.74, 6) is -0.555. The first kappa shape index (κ1) is 12.4. The number of nitrogens with zero attached hydrogens (tertiary/aromatic N) is 2. The molecule has 2 rings (SSSR count). The van der Waals surface area contributed by atoms with Gasteiger partial charge in [-0.15, -0.1) is 0 Å². The number of hydrogen-bond acceptors (Lipinski definition) is 3. The maximum Gasteiger partial charge on any atom is 0.303 e. The molecule has 0 radical (unpaired) electrons. The van der Waals surface area contributed by atoms with Gasteiger partial charge in [0, 0.05) is 19.5 Å². The van der Waals surface area contributed by atoms with Crippen molar-refractivity contribution >= 4 is 11.7 Å². The Balaban J connectivity index is 2.19. The highest BCUT2D eigenvalue weighted by Crippen LogP contribution is 2.30. The topological polar surface area (TPSA) is 64.3 Å². The van der Waals surface area contributed by atoms with Gasteiger partial charge >= 0.3 is 5.97 Å². The lowest BCUT2D eigenvalue weighted by atomic mass is 10.1. The molecule has 1 atom stereocenters. The summed E-state index contributed by atoms with van der Waals surface area (Å²) >= 11 is 0. The Bertz CT molecular complexity index is 505. The molecule has 94 valence electrons. The summed E-state index contributed by atoms with van der Waals surface area (Å²) in [5.41, 5.74) is 2.71. The van der Waals surface area contributed by atoms with E-state index in [0.29, 0.717) is 5.56 Å². The molecule has 0 aromatic heterocycles. The van der Waals surface area contributed by atoms with Crippen molar-refractivity contribution in [3.63, 3.8) is 0 Å². The summed E-state index contributed by atoms with van der Waals surface area (Å²) < 4.78 is 0. The number of rotatable bonds is 3. The normalized spacial score (nSPS) is 18.7. The predicted molar refractivity (Wildman–Crippen MR) is 68.5 cm³/mol. The van der Waals surface area contributed by atoms with Gasteiger partial charge in [-0.3, -0.25) is 4.79 Å². The van der Waals surface area contributed by atoms with Crippen LogP contribution in [0.4, 0.5) is 5.69 Å². The molecule has 18 heavy (non-hydrogen) atoms. The number of aliphatic carboxylic acids is 1. The molecular formula is C14H16N2O2. The number of carboxylic acid groups (broad SMARTS) is 1. The molecule has 0 amide bonds. The van der Waals surface area contributed by atoms with Crippen LogP contribution in [0.25, 0.3) is 0 Å². The average Bonchev–Trinajstić information content (AvgIpc) is 2.75. The number of benzene rings is 1. The summed E-state index contributed by atoms with van der Waals surface area (Å²) in [5, 5.41) is 18.0. The van der Waals surface area contributed by atoms with E-state index in [1.165, 1.54) is 0 Å². The van der Waals surface area contributed by atoms with E-state index in [1.807, 2.05) is 25.1 Å². The quantitative estimate of drug-likeness (QED) is 0.885. The van der Waals surface area contributed by atoms with E-state index >= 15 is 0 Å². The zero-order chi connectivity index (χ0) is 13.1. The Morgan fingerprint density at radius 3 is 3.06 bits per heavy atom. The maximum atomic E-state index is 10.7. The predicted octanol–water partition coefficient (Wildman–Crippen LogP) is 2.17. The second kappa shape index (κ2) is 5.09. The van der Waals surface area contributed by atoms with Crippen molar-refractivity contribution in [3.8, 4) is 6.07 Å². The SMILES string of the molecule is Cc1cccc(C#N)c1N1CCC(CC(=O)O)C1. The van der Waals surface area contributed by atoms with E-state index in [4.69, 9.17) is 10.4 Å². The first-order valence-electron chi connectivity index (χ1n) is 6.08. The third-order valence-electron chi connectivity index (χ3n) is 3.42. The number of hydrogen-bond donors (Lipinski definition) is 1. The fourth-order valence-electron chi connectivity index (χ4n) is 2.62. The third kappa shape index (κ3) is 2.45. The molecule has 0 saturated carbocycles. The summed E-state index contributed by atoms with van der Waals surface area (Å²) in [7, 11) is 0. The van der Waals surface area contributed by atoms with Gasteiger partial charge in [0.15, 0.2) is 0 Å². The van der Waals surface area contributed by atoms with E-state index in [2.05, 4.69) is 11.0 Å². The molecule has 4 heteroatoms. The van der Waals surface area contributed by atoms with Crippen molar-refractivity contribution in [1.82, 2.24) is 0 Å². The zero-order valence-corrected chi connectivity index (χ0v) is 10.4. The Morgan fingerprint density at radius 2 is 2.39 bits per heavy atom. The summed E-state index contributed by atoms with van der Waals surface area (Å²) in [6.07, 6.45) is 1.09. The second-order valence-electron chi connectivity index (χ2n) is 4.78. The van der Waals surface area contributed by atoms with Crippen LogP contribution < -0.4 is 4.90 Å². The number of carboxylic acids is 1. The van der Waals surface area contributed by atoms with Gasteiger partial charge in [-0.2, -0.15) is 5.26 Å². The van der Waals surface area contributed by atoms with Crippen LogP contribution in [0.5, 0.6) is 0 Å². The lowest BCUT2D eigenvalue weighted by Gasteiger charge is -2.22. The van der Waals surface area contributed by atoms with Gasteiger partial charge in [0.2, 0.25) is 0 Å². The number of nitriles is 1. The molecule has 0 bridgehead atoms. The number of carbonyl (C=O) groups is 1. The Labute approximate surface area is 106 Å². The van der Waals surface area contributed by atoms with E-state index in [1.54, 1.807) is 0 Å². The number of para-hydroxylation sites is 1. The molecule has 1 unspecified atom stereocenters. The largest absolute Gasteiger partial charge is 0.481 e. The van der Waals surface area contributed by atoms with Crippen molar-refractivity contribution in [2.75, 3.05) is 18.0 Å². The number of aryl methyl sites for hydroxylation is 1. The Morgan fingerprint density at radius 1 is 1.61 bits per heavy atom. The van der Waals surface area contributed by atoms with Gasteiger partial charge in [0.1, 0.15) is 6.07 Å². The first-order valence-corrected chi connectivity index (χ1v) is 6.08. The summed E-state index contributed by atoms with van der Waals surface area (Å²) in [4.78, 5) is 12.9. The minimum Gasteiger partial charge on any atom is -0.481 e. The van der Waals surface area contributed by atoms with Crippen LogP contribution in [-0.2, 0) is 4.79 Å². The molecular weight excluding hydrogens is 228 g/mol. The zero-order valence-electron chi connectivity index (χ0n) is 10.4. The molecule has 1 saturated heterocycles. The maximum absolute atomic E-state index is 10.7. The van der Waals surface area contributed by atoms with Crippen LogP contribution in [0.15, 0.2) is 18.2 Å². The molecule has 1 aliphatic heterocycles. The van der Waals surface area contributed by atoms with Gasteiger partial charge in [0.25, 0.3) is 0 Å². The van der Waals surface area contributed by atoms with Crippen LogP contribution in [0.2, 0.25) is 0 Å². The standard InChI is InChI=1S/C14H16N2O2/c1-10-3-2-4-12(8-15)14(10)16-6-5-11(9-16)7-13(17)18/h2-4,11H,5-7,9H2,1H3,(H,17,18). The molecule has 1 aliphatic rings. The van der Waals surface area contributed by atoms with Gasteiger partial charge in [-0.25, -0.2) is 0 Å². The van der Waals surface area contributed by atoms with E-state index in [-0.39, 0.29) is 12.3 Å². The fourth-order valence-corrected chi connectivity index (χ4v) is 2.62. The van der Waals surface area contributed by atoms with Crippen LogP contribution in [0.3, 0.4) is 0 Å². The minimum absolute atomic E-state index is 0.189. The van der Waals surface area contributed by atoms with Gasteiger partial charge < -0.3 is 10.0 Å². The second-order valence-corrected chi connectivity index (χ2v) is 4.78. The molecule has 1 aromatic carbocycles. The van der Waals surface area contributed by atoms with Crippen molar-refractivity contribution in [2.24, 2.45) is 5.92 Å². The van der Waals surface area contributed by atoms with Crippen LogP contribution in [-0.4, -0.2) is 24.2 Å². The average molecular weight is 244 g/mol. The van der Waals surface area contributed by atoms with Crippen LogP contribution >= 0.6 is 0 Å². The van der Waals surface area contributed by atoms with Crippen LogP contribution in [0, 0.1) is 24.2 Å². The molecule has 4 nitrogen and oxygen atoms in total.